The number of carbonyl (C=O) groups is 2. The van der Waals surface area contributed by atoms with E-state index in [1.54, 1.807) is 48.5 Å². The molecule has 0 unspecified atom stereocenters. The van der Waals surface area contributed by atoms with E-state index in [9.17, 15) is 9.59 Å². The van der Waals surface area contributed by atoms with Gasteiger partial charge in [-0.25, -0.2) is 0 Å². The van der Waals surface area contributed by atoms with Crippen LogP contribution in [0.15, 0.2) is 60.7 Å². The van der Waals surface area contributed by atoms with Gasteiger partial charge >= 0.3 is 0 Å². The molecule has 0 atom stereocenters. The van der Waals surface area contributed by atoms with Crippen molar-refractivity contribution in [1.82, 2.24) is 0 Å². The summed E-state index contributed by atoms with van der Waals surface area (Å²) >= 11 is 0. The normalized spacial score (nSPS) is 12.4. The van der Waals surface area contributed by atoms with Gasteiger partial charge in [-0.2, -0.15) is 0 Å². The maximum absolute atomic E-state index is 11.2. The molecule has 100 valence electrons. The highest BCUT2D eigenvalue weighted by Gasteiger charge is 2.16. The lowest BCUT2D eigenvalue weighted by atomic mass is 9.95. The van der Waals surface area contributed by atoms with Crippen LogP contribution in [0.2, 0.25) is 0 Å². The van der Waals surface area contributed by atoms with Crippen LogP contribution in [0.25, 0.3) is 0 Å². The van der Waals surface area contributed by atoms with Crippen molar-refractivity contribution in [2.75, 3.05) is 5.73 Å². The Kier molecular flexibility index (Phi) is 3.96. The van der Waals surface area contributed by atoms with Crippen molar-refractivity contribution in [2.24, 2.45) is 0 Å². The second-order valence-electron chi connectivity index (χ2n) is 4.17. The molecule has 0 aliphatic heterocycles. The van der Waals surface area contributed by atoms with Gasteiger partial charge in [-0.05, 0) is 24.3 Å². The van der Waals surface area contributed by atoms with E-state index < -0.39 is 0 Å². The second-order valence-corrected chi connectivity index (χ2v) is 4.17. The fourth-order valence-electron chi connectivity index (χ4n) is 1.73. The Bertz CT molecular complexity index is 632. The lowest BCUT2D eigenvalue weighted by Gasteiger charge is -2.06. The topological polar surface area (TPSA) is 80.4 Å². The highest BCUT2D eigenvalue weighted by molar-refractivity contribution is 6.21. The minimum absolute atomic E-state index is 0.0924. The molecule has 20 heavy (non-hydrogen) atoms. The average Bonchev–Trinajstić information content (AvgIpc) is 2.47. The Balaban J connectivity index is 0.000000160. The summed E-state index contributed by atoms with van der Waals surface area (Å²) in [5, 5.41) is 8.79. The number of nitrogen functional groups attached to an aromatic ring is 1. The van der Waals surface area contributed by atoms with E-state index in [1.165, 1.54) is 12.2 Å². The third kappa shape index (κ3) is 2.92. The number of fused-ring (bicyclic) bond motifs is 1. The van der Waals surface area contributed by atoms with Gasteiger partial charge in [0.2, 0.25) is 0 Å². The summed E-state index contributed by atoms with van der Waals surface area (Å²) in [5.74, 6) is -0.0390. The smallest absolute Gasteiger partial charge is 0.186 e. The number of hydrogen-bond donors (Lipinski definition) is 2. The number of allylic oxidation sites excluding steroid dienone is 2. The fraction of sp³-hybridized carbons (Fsp3) is 0. The molecule has 0 aromatic heterocycles. The van der Waals surface area contributed by atoms with Crippen LogP contribution in [0.5, 0.6) is 5.75 Å². The summed E-state index contributed by atoms with van der Waals surface area (Å²) < 4.78 is 0. The number of ketones is 2. The number of carbonyl (C=O) groups excluding carboxylic acids is 2. The van der Waals surface area contributed by atoms with E-state index >= 15 is 0 Å². The Morgan fingerprint density at radius 3 is 1.60 bits per heavy atom. The van der Waals surface area contributed by atoms with Crippen LogP contribution in [0, 0.1) is 0 Å². The second kappa shape index (κ2) is 5.84. The predicted octanol–water partition coefficient (Wildman–Crippen LogP) is 2.60. The van der Waals surface area contributed by atoms with Gasteiger partial charge in [0, 0.05) is 11.1 Å². The molecule has 0 radical (unpaired) electrons. The number of phenols is 1. The number of nitrogens with two attached hydrogens (primary N) is 1. The van der Waals surface area contributed by atoms with Crippen molar-refractivity contribution < 1.29 is 14.7 Å². The third-order valence-corrected chi connectivity index (χ3v) is 2.78. The summed E-state index contributed by atoms with van der Waals surface area (Å²) in [6, 6.07) is 13.5. The molecule has 3 N–H and O–H groups in total. The van der Waals surface area contributed by atoms with E-state index in [2.05, 4.69) is 0 Å². The molecule has 4 nitrogen and oxygen atoms in total. The molecule has 4 heteroatoms. The van der Waals surface area contributed by atoms with Crippen molar-refractivity contribution in [1.29, 1.82) is 0 Å². The van der Waals surface area contributed by atoms with Crippen LogP contribution in [0.4, 0.5) is 5.69 Å². The first kappa shape index (κ1) is 13.5. The maximum atomic E-state index is 11.2. The van der Waals surface area contributed by atoms with Crippen molar-refractivity contribution >= 4 is 17.3 Å². The third-order valence-electron chi connectivity index (χ3n) is 2.78. The zero-order valence-corrected chi connectivity index (χ0v) is 10.6. The van der Waals surface area contributed by atoms with Gasteiger partial charge in [-0.3, -0.25) is 9.59 Å². The molecule has 0 spiro atoms. The van der Waals surface area contributed by atoms with Gasteiger partial charge in [-0.1, -0.05) is 36.4 Å². The first-order chi connectivity index (χ1) is 9.59. The monoisotopic (exact) mass is 267 g/mol. The summed E-state index contributed by atoms with van der Waals surface area (Å²) in [6.07, 6.45) is 2.62. The van der Waals surface area contributed by atoms with Crippen LogP contribution in [-0.2, 0) is 0 Å². The molecular formula is C16H13NO3. The number of phenolic OH excluding ortho intramolecular Hbond substituents is 1. The van der Waals surface area contributed by atoms with Crippen LogP contribution < -0.4 is 5.73 Å². The lowest BCUT2D eigenvalue weighted by Crippen LogP contribution is -2.10. The lowest BCUT2D eigenvalue weighted by molar-refractivity contribution is 0.0994. The van der Waals surface area contributed by atoms with Crippen molar-refractivity contribution in [2.45, 2.75) is 0 Å². The molecule has 0 bridgehead atoms. The zero-order chi connectivity index (χ0) is 14.5. The van der Waals surface area contributed by atoms with E-state index in [1.807, 2.05) is 0 Å². The number of aromatic hydroxyl groups is 1. The number of rotatable bonds is 0. The van der Waals surface area contributed by atoms with Crippen LogP contribution >= 0.6 is 0 Å². The van der Waals surface area contributed by atoms with Crippen LogP contribution in [0.3, 0.4) is 0 Å². The minimum Gasteiger partial charge on any atom is -0.506 e. The molecule has 0 fully saturated rings. The van der Waals surface area contributed by atoms with E-state index in [4.69, 9.17) is 10.8 Å². The summed E-state index contributed by atoms with van der Waals surface area (Å²) in [7, 11) is 0. The maximum Gasteiger partial charge on any atom is 0.186 e. The number of para-hydroxylation sites is 2. The molecule has 0 saturated carbocycles. The molecule has 0 heterocycles. The molecule has 2 aromatic carbocycles. The highest BCUT2D eigenvalue weighted by atomic mass is 16.3. The highest BCUT2D eigenvalue weighted by Crippen LogP contribution is 2.16. The molecule has 0 saturated heterocycles. The number of hydrogen-bond acceptors (Lipinski definition) is 4. The summed E-state index contributed by atoms with van der Waals surface area (Å²) in [5.41, 5.74) is 6.70. The van der Waals surface area contributed by atoms with Crippen molar-refractivity contribution in [3.05, 3.63) is 71.8 Å². The van der Waals surface area contributed by atoms with Crippen LogP contribution in [0.1, 0.15) is 20.7 Å². The molecule has 3 rings (SSSR count). The van der Waals surface area contributed by atoms with Gasteiger partial charge in [0.25, 0.3) is 0 Å². The van der Waals surface area contributed by atoms with Crippen molar-refractivity contribution in [3.8, 4) is 5.75 Å². The molecule has 1 aliphatic rings. The average molecular weight is 267 g/mol. The predicted molar refractivity (Wildman–Crippen MR) is 76.8 cm³/mol. The standard InChI is InChI=1S/C10H6O2.C6H7NO/c11-9-5-6-10(12)8-4-2-1-3-7(8)9;7-5-3-1-2-4-6(5)8/h1-6H;1-4,8H,7H2. The van der Waals surface area contributed by atoms with Crippen LogP contribution in [-0.4, -0.2) is 16.7 Å². The first-order valence-corrected chi connectivity index (χ1v) is 5.99. The summed E-state index contributed by atoms with van der Waals surface area (Å²) in [6.45, 7) is 0. The van der Waals surface area contributed by atoms with E-state index in [0.29, 0.717) is 16.8 Å². The zero-order valence-electron chi connectivity index (χ0n) is 10.6. The molecule has 1 aliphatic carbocycles. The largest absolute Gasteiger partial charge is 0.506 e. The van der Waals surface area contributed by atoms with Gasteiger partial charge in [-0.15, -0.1) is 0 Å². The Labute approximate surface area is 116 Å². The van der Waals surface area contributed by atoms with E-state index in [-0.39, 0.29) is 17.3 Å². The molecular weight excluding hydrogens is 254 g/mol. The van der Waals surface area contributed by atoms with Gasteiger partial charge in [0.05, 0.1) is 5.69 Å². The molecule has 0 amide bonds. The fourth-order valence-corrected chi connectivity index (χ4v) is 1.73. The Morgan fingerprint density at radius 1 is 0.750 bits per heavy atom. The van der Waals surface area contributed by atoms with Gasteiger partial charge < -0.3 is 10.8 Å². The van der Waals surface area contributed by atoms with Crippen molar-refractivity contribution in [3.63, 3.8) is 0 Å². The molecule has 2 aromatic rings. The summed E-state index contributed by atoms with van der Waals surface area (Å²) in [4.78, 5) is 22.4. The Morgan fingerprint density at radius 2 is 1.20 bits per heavy atom. The first-order valence-electron chi connectivity index (χ1n) is 5.99. The number of anilines is 1. The van der Waals surface area contributed by atoms with Gasteiger partial charge in [0.1, 0.15) is 5.75 Å². The Hall–Kier alpha value is -2.88. The quantitative estimate of drug-likeness (QED) is 0.568. The number of benzene rings is 2. The van der Waals surface area contributed by atoms with Gasteiger partial charge in [0.15, 0.2) is 11.6 Å². The SMILES string of the molecule is Nc1ccccc1O.O=C1C=CC(=O)c2ccccc21. The van der Waals surface area contributed by atoms with E-state index in [0.717, 1.165) is 0 Å². The minimum atomic E-state index is -0.0924.